The Hall–Kier alpha value is -2.02. The Morgan fingerprint density at radius 2 is 1.83 bits per heavy atom. The minimum absolute atomic E-state index is 0.148. The average molecular weight is 351 g/mol. The van der Waals surface area contributed by atoms with Crippen LogP contribution in [0.4, 0.5) is 8.78 Å². The number of halogens is 2. The Kier molecular flexibility index (Phi) is 5.40. The molecule has 24 heavy (non-hydrogen) atoms. The standard InChI is InChI=1S/C17H19F2N3OS/c1-20-17-22(21-13-5-3-2-4-6-13)15(11-24-17)12-7-9-14(10-8-12)23-16(18)19/h7-11,16H,2-6H2,1H3. The molecule has 1 saturated carbocycles. The predicted molar refractivity (Wildman–Crippen MR) is 91.8 cm³/mol. The molecule has 4 nitrogen and oxygen atoms in total. The van der Waals surface area contributed by atoms with E-state index in [1.54, 1.807) is 31.3 Å². The second kappa shape index (κ2) is 7.70. The Labute approximate surface area is 143 Å². The SMILES string of the molecule is CN=c1scc(-c2ccc(OC(F)F)cc2)n1N=C1CCCCC1. The molecule has 1 fully saturated rings. The predicted octanol–water partition coefficient (Wildman–Crippen LogP) is 4.52. The fourth-order valence-electron chi connectivity index (χ4n) is 2.75. The summed E-state index contributed by atoms with van der Waals surface area (Å²) in [6.45, 7) is -2.81. The van der Waals surface area contributed by atoms with Gasteiger partial charge in [0, 0.05) is 23.7 Å². The van der Waals surface area contributed by atoms with E-state index in [0.29, 0.717) is 0 Å². The summed E-state index contributed by atoms with van der Waals surface area (Å²) in [4.78, 5) is 5.11. The smallest absolute Gasteiger partial charge is 0.387 e. The zero-order valence-electron chi connectivity index (χ0n) is 13.4. The second-order valence-corrected chi connectivity index (χ2v) is 6.41. The van der Waals surface area contributed by atoms with Gasteiger partial charge in [-0.25, -0.2) is 4.68 Å². The third kappa shape index (κ3) is 3.90. The van der Waals surface area contributed by atoms with E-state index in [9.17, 15) is 8.78 Å². The highest BCUT2D eigenvalue weighted by atomic mass is 32.1. The molecule has 1 aliphatic carbocycles. The third-order valence-electron chi connectivity index (χ3n) is 3.92. The van der Waals surface area contributed by atoms with Gasteiger partial charge in [0.1, 0.15) is 5.75 Å². The largest absolute Gasteiger partial charge is 0.435 e. The first-order valence-corrected chi connectivity index (χ1v) is 8.80. The maximum Gasteiger partial charge on any atom is 0.387 e. The van der Waals surface area contributed by atoms with Gasteiger partial charge in [0.05, 0.1) is 5.69 Å². The number of alkyl halides is 2. The normalized spacial score (nSPS) is 15.8. The van der Waals surface area contributed by atoms with Crippen LogP contribution in [0.15, 0.2) is 39.7 Å². The monoisotopic (exact) mass is 351 g/mol. The van der Waals surface area contributed by atoms with Crippen molar-refractivity contribution < 1.29 is 13.5 Å². The zero-order chi connectivity index (χ0) is 16.9. The van der Waals surface area contributed by atoms with Gasteiger partial charge in [0.15, 0.2) is 0 Å². The molecule has 0 amide bonds. The van der Waals surface area contributed by atoms with Gasteiger partial charge in [-0.2, -0.15) is 13.9 Å². The highest BCUT2D eigenvalue weighted by molar-refractivity contribution is 7.07. The van der Waals surface area contributed by atoms with Gasteiger partial charge in [0.2, 0.25) is 4.80 Å². The zero-order valence-corrected chi connectivity index (χ0v) is 14.2. The molecule has 0 saturated heterocycles. The molecule has 128 valence electrons. The molecule has 0 N–H and O–H groups in total. The number of rotatable bonds is 4. The topological polar surface area (TPSA) is 38.9 Å². The van der Waals surface area contributed by atoms with Crippen molar-refractivity contribution in [2.45, 2.75) is 38.7 Å². The number of aromatic nitrogens is 1. The van der Waals surface area contributed by atoms with E-state index < -0.39 is 6.61 Å². The lowest BCUT2D eigenvalue weighted by atomic mass is 9.99. The summed E-state index contributed by atoms with van der Waals surface area (Å²) >= 11 is 1.51. The Morgan fingerprint density at radius 1 is 1.12 bits per heavy atom. The molecule has 1 heterocycles. The van der Waals surface area contributed by atoms with E-state index >= 15 is 0 Å². The van der Waals surface area contributed by atoms with Crippen LogP contribution in [0.3, 0.4) is 0 Å². The Balaban J connectivity index is 1.95. The first-order chi connectivity index (χ1) is 11.7. The van der Waals surface area contributed by atoms with Crippen molar-refractivity contribution in [2.24, 2.45) is 10.1 Å². The van der Waals surface area contributed by atoms with E-state index in [4.69, 9.17) is 5.10 Å². The highest BCUT2D eigenvalue weighted by Crippen LogP contribution is 2.25. The first kappa shape index (κ1) is 16.8. The molecule has 2 aromatic rings. The minimum atomic E-state index is -2.81. The lowest BCUT2D eigenvalue weighted by molar-refractivity contribution is -0.0498. The molecule has 0 unspecified atom stereocenters. The molecule has 1 aliphatic rings. The maximum atomic E-state index is 12.3. The van der Waals surface area contributed by atoms with Crippen LogP contribution < -0.4 is 9.54 Å². The lowest BCUT2D eigenvalue weighted by Gasteiger charge is -2.13. The third-order valence-corrected chi connectivity index (χ3v) is 4.83. The van der Waals surface area contributed by atoms with Crippen molar-refractivity contribution in [3.8, 4) is 17.0 Å². The van der Waals surface area contributed by atoms with E-state index in [1.807, 2.05) is 10.1 Å². The Morgan fingerprint density at radius 3 is 2.46 bits per heavy atom. The molecule has 0 radical (unpaired) electrons. The van der Waals surface area contributed by atoms with Crippen LogP contribution in [0.5, 0.6) is 5.75 Å². The second-order valence-electron chi connectivity index (χ2n) is 5.57. The van der Waals surface area contributed by atoms with Crippen molar-refractivity contribution in [1.29, 1.82) is 0 Å². The van der Waals surface area contributed by atoms with Gasteiger partial charge in [-0.05, 0) is 49.9 Å². The summed E-state index contributed by atoms with van der Waals surface area (Å²) < 4.78 is 30.8. The van der Waals surface area contributed by atoms with Gasteiger partial charge >= 0.3 is 6.61 Å². The van der Waals surface area contributed by atoms with Gasteiger partial charge in [-0.15, -0.1) is 11.3 Å². The molecule has 0 spiro atoms. The van der Waals surface area contributed by atoms with Crippen LogP contribution >= 0.6 is 11.3 Å². The van der Waals surface area contributed by atoms with Gasteiger partial charge in [-0.3, -0.25) is 4.99 Å². The molecule has 0 atom stereocenters. The summed E-state index contributed by atoms with van der Waals surface area (Å²) in [6.07, 6.45) is 5.66. The van der Waals surface area contributed by atoms with Gasteiger partial charge in [0.25, 0.3) is 0 Å². The van der Waals surface area contributed by atoms with E-state index in [1.165, 1.54) is 36.3 Å². The number of ether oxygens (including phenoxy) is 1. The number of thiazole rings is 1. The van der Waals surface area contributed by atoms with Crippen molar-refractivity contribution >= 4 is 17.0 Å². The molecular formula is C17H19F2N3OS. The molecule has 0 aliphatic heterocycles. The Bertz CT molecular complexity index is 770. The van der Waals surface area contributed by atoms with Crippen molar-refractivity contribution in [2.75, 3.05) is 7.05 Å². The summed E-state index contributed by atoms with van der Waals surface area (Å²) in [7, 11) is 1.74. The molecule has 0 bridgehead atoms. The summed E-state index contributed by atoms with van der Waals surface area (Å²) in [5.74, 6) is 0.148. The fraction of sp³-hybridized carbons (Fsp3) is 0.412. The van der Waals surface area contributed by atoms with E-state index in [2.05, 4.69) is 9.73 Å². The summed E-state index contributed by atoms with van der Waals surface area (Å²) in [5.41, 5.74) is 2.98. The van der Waals surface area contributed by atoms with Gasteiger partial charge < -0.3 is 4.74 Å². The number of benzene rings is 1. The van der Waals surface area contributed by atoms with Crippen LogP contribution in [0, 0.1) is 0 Å². The van der Waals surface area contributed by atoms with Crippen LogP contribution in [-0.2, 0) is 0 Å². The molecular weight excluding hydrogens is 332 g/mol. The molecule has 7 heteroatoms. The maximum absolute atomic E-state index is 12.3. The van der Waals surface area contributed by atoms with Crippen molar-refractivity contribution in [3.63, 3.8) is 0 Å². The fourth-order valence-corrected chi connectivity index (χ4v) is 3.55. The van der Waals surface area contributed by atoms with E-state index in [-0.39, 0.29) is 5.75 Å². The van der Waals surface area contributed by atoms with Crippen LogP contribution in [0.2, 0.25) is 0 Å². The van der Waals surface area contributed by atoms with Crippen molar-refractivity contribution in [1.82, 2.24) is 4.68 Å². The van der Waals surface area contributed by atoms with Crippen molar-refractivity contribution in [3.05, 3.63) is 34.4 Å². The summed E-state index contributed by atoms with van der Waals surface area (Å²) in [5, 5.41) is 6.78. The molecule has 1 aromatic heterocycles. The van der Waals surface area contributed by atoms with Crippen LogP contribution in [-0.4, -0.2) is 24.0 Å². The van der Waals surface area contributed by atoms with E-state index in [0.717, 1.165) is 28.9 Å². The lowest BCUT2D eigenvalue weighted by Crippen LogP contribution is -2.15. The molecule has 3 rings (SSSR count). The highest BCUT2D eigenvalue weighted by Gasteiger charge is 2.12. The number of nitrogens with zero attached hydrogens (tertiary/aromatic N) is 3. The average Bonchev–Trinajstić information content (AvgIpc) is 2.98. The van der Waals surface area contributed by atoms with Crippen LogP contribution in [0.25, 0.3) is 11.3 Å². The first-order valence-electron chi connectivity index (χ1n) is 7.92. The number of hydrogen-bond acceptors (Lipinski definition) is 4. The molecule has 1 aromatic carbocycles. The summed E-state index contributed by atoms with van der Waals surface area (Å²) in [6, 6.07) is 6.60. The van der Waals surface area contributed by atoms with Crippen LogP contribution in [0.1, 0.15) is 32.1 Å². The number of hydrogen-bond donors (Lipinski definition) is 0. The van der Waals surface area contributed by atoms with Gasteiger partial charge in [-0.1, -0.05) is 6.42 Å². The quantitative estimate of drug-likeness (QED) is 0.798. The minimum Gasteiger partial charge on any atom is -0.435 e.